The summed E-state index contributed by atoms with van der Waals surface area (Å²) in [7, 11) is -4.61. The van der Waals surface area contributed by atoms with E-state index >= 15 is 0 Å². The van der Waals surface area contributed by atoms with Crippen molar-refractivity contribution in [1.29, 1.82) is 0 Å². The fourth-order valence-corrected chi connectivity index (χ4v) is 6.13. The number of esters is 2. The lowest BCUT2D eigenvalue weighted by Crippen LogP contribution is -2.29. The van der Waals surface area contributed by atoms with Crippen molar-refractivity contribution < 1.29 is 47.8 Å². The largest absolute Gasteiger partial charge is 0.472 e. The summed E-state index contributed by atoms with van der Waals surface area (Å²) in [6.07, 6.45) is 30.4. The van der Waals surface area contributed by atoms with E-state index in [4.69, 9.17) is 19.1 Å². The predicted octanol–water partition coefficient (Wildman–Crippen LogP) is 9.67. The molecule has 0 fully saturated rings. The van der Waals surface area contributed by atoms with Crippen molar-refractivity contribution in [2.45, 2.75) is 193 Å². The van der Waals surface area contributed by atoms with Gasteiger partial charge in [-0.25, -0.2) is 4.57 Å². The van der Waals surface area contributed by atoms with Crippen molar-refractivity contribution >= 4 is 19.8 Å². The first-order valence-electron chi connectivity index (χ1n) is 19.6. The van der Waals surface area contributed by atoms with Gasteiger partial charge in [0, 0.05) is 12.8 Å². The van der Waals surface area contributed by atoms with E-state index < -0.39 is 51.8 Å². The van der Waals surface area contributed by atoms with Gasteiger partial charge in [-0.1, -0.05) is 142 Å². The number of aliphatic hydroxyl groups excluding tert-OH is 2. The summed E-state index contributed by atoms with van der Waals surface area (Å²) in [4.78, 5) is 34.8. The highest BCUT2D eigenvalue weighted by molar-refractivity contribution is 7.47. The molecule has 0 aromatic carbocycles. The number of phosphoric ester groups is 1. The molecule has 0 aromatic heterocycles. The van der Waals surface area contributed by atoms with E-state index in [9.17, 15) is 24.2 Å². The van der Waals surface area contributed by atoms with E-state index in [-0.39, 0.29) is 19.4 Å². The average Bonchev–Trinajstić information content (AvgIpc) is 3.09. The second-order valence-corrected chi connectivity index (χ2v) is 14.8. The second kappa shape index (κ2) is 35.1. The first-order valence-corrected chi connectivity index (χ1v) is 21.1. The highest BCUT2D eigenvalue weighted by atomic mass is 31.2. The molecule has 290 valence electrons. The molecule has 0 aliphatic rings. The number of hydrogen-bond acceptors (Lipinski definition) is 9. The molecule has 0 radical (unpaired) electrons. The van der Waals surface area contributed by atoms with Gasteiger partial charge >= 0.3 is 19.8 Å². The van der Waals surface area contributed by atoms with E-state index in [0.717, 1.165) is 57.8 Å². The van der Waals surface area contributed by atoms with Crippen LogP contribution < -0.4 is 0 Å². The quantitative estimate of drug-likeness (QED) is 0.0245. The highest BCUT2D eigenvalue weighted by Gasteiger charge is 2.27. The van der Waals surface area contributed by atoms with Crippen LogP contribution in [0.1, 0.15) is 181 Å². The molecule has 0 spiro atoms. The number of rotatable bonds is 37. The maximum Gasteiger partial charge on any atom is 0.472 e. The number of ether oxygens (including phenoxy) is 2. The zero-order chi connectivity index (χ0) is 36.3. The SMILES string of the molecule is CCCCCCCCC/C=C\CCCCCCCC(=O)OC(COC(=O)CCCCCCCCCCCC)COP(=O)(O)OCC(O)CO. The van der Waals surface area contributed by atoms with Crippen molar-refractivity contribution in [2.75, 3.05) is 26.4 Å². The predicted molar refractivity (Wildman–Crippen MR) is 196 cm³/mol. The Balaban J connectivity index is 4.33. The molecule has 0 saturated heterocycles. The van der Waals surface area contributed by atoms with Gasteiger partial charge in [0.05, 0.1) is 19.8 Å². The van der Waals surface area contributed by atoms with Crippen molar-refractivity contribution in [1.82, 2.24) is 0 Å². The zero-order valence-electron chi connectivity index (χ0n) is 31.2. The Morgan fingerprint density at radius 3 is 1.47 bits per heavy atom. The minimum Gasteiger partial charge on any atom is -0.462 e. The maximum absolute atomic E-state index is 12.5. The van der Waals surface area contributed by atoms with Crippen LogP contribution in [0.25, 0.3) is 0 Å². The molecule has 0 rings (SSSR count). The minimum atomic E-state index is -4.61. The molecule has 3 N–H and O–H groups in total. The lowest BCUT2D eigenvalue weighted by Gasteiger charge is -2.20. The molecular weight excluding hydrogens is 647 g/mol. The second-order valence-electron chi connectivity index (χ2n) is 13.3. The topological polar surface area (TPSA) is 149 Å². The van der Waals surface area contributed by atoms with Crippen LogP contribution in [0.5, 0.6) is 0 Å². The van der Waals surface area contributed by atoms with Gasteiger partial charge in [-0.2, -0.15) is 0 Å². The molecule has 0 amide bonds. The Hall–Kier alpha value is -1.29. The van der Waals surface area contributed by atoms with Crippen molar-refractivity contribution in [3.05, 3.63) is 12.2 Å². The standard InChI is InChI=1S/C38H73O10P/c1-3-5-7-9-11-13-15-16-17-18-19-20-22-24-26-28-30-38(42)48-36(34-47-49(43,44)46-32-35(40)31-39)33-45-37(41)29-27-25-23-21-14-12-10-8-6-4-2/h17-18,35-36,39-40H,3-16,19-34H2,1-2H3,(H,43,44)/b18-17-. The lowest BCUT2D eigenvalue weighted by atomic mass is 10.1. The van der Waals surface area contributed by atoms with Gasteiger partial charge in [-0.15, -0.1) is 0 Å². The number of allylic oxidation sites excluding steroid dienone is 2. The van der Waals surface area contributed by atoms with Gasteiger partial charge in [0.2, 0.25) is 0 Å². The third-order valence-corrected chi connectivity index (χ3v) is 9.37. The molecular formula is C38H73O10P. The van der Waals surface area contributed by atoms with Crippen LogP contribution in [-0.4, -0.2) is 65.7 Å². The third-order valence-electron chi connectivity index (χ3n) is 8.42. The van der Waals surface area contributed by atoms with Crippen LogP contribution in [0.2, 0.25) is 0 Å². The summed E-state index contributed by atoms with van der Waals surface area (Å²) < 4.78 is 32.6. The third kappa shape index (κ3) is 34.9. The van der Waals surface area contributed by atoms with Gasteiger partial charge in [0.25, 0.3) is 0 Å². The molecule has 0 aliphatic carbocycles. The van der Waals surface area contributed by atoms with Crippen LogP contribution in [0.15, 0.2) is 12.2 Å². The molecule has 10 nitrogen and oxygen atoms in total. The van der Waals surface area contributed by atoms with Crippen LogP contribution in [0, 0.1) is 0 Å². The Morgan fingerprint density at radius 1 is 0.592 bits per heavy atom. The molecule has 11 heteroatoms. The first kappa shape index (κ1) is 47.7. The number of phosphoric acid groups is 1. The summed E-state index contributed by atoms with van der Waals surface area (Å²) in [6, 6.07) is 0. The lowest BCUT2D eigenvalue weighted by molar-refractivity contribution is -0.161. The van der Waals surface area contributed by atoms with E-state index in [1.807, 2.05) is 0 Å². The molecule has 3 unspecified atom stereocenters. The smallest absolute Gasteiger partial charge is 0.462 e. The molecule has 3 atom stereocenters. The van der Waals surface area contributed by atoms with Gasteiger partial charge in [-0.05, 0) is 38.5 Å². The zero-order valence-corrected chi connectivity index (χ0v) is 32.1. The highest BCUT2D eigenvalue weighted by Crippen LogP contribution is 2.43. The fourth-order valence-electron chi connectivity index (χ4n) is 5.34. The minimum absolute atomic E-state index is 0.178. The summed E-state index contributed by atoms with van der Waals surface area (Å²) in [5, 5.41) is 18.3. The van der Waals surface area contributed by atoms with Gasteiger partial charge in [0.15, 0.2) is 6.10 Å². The fraction of sp³-hybridized carbons (Fsp3) is 0.895. The van der Waals surface area contributed by atoms with Crippen molar-refractivity contribution in [3.8, 4) is 0 Å². The summed E-state index contributed by atoms with van der Waals surface area (Å²) >= 11 is 0. The number of hydrogen-bond donors (Lipinski definition) is 3. The van der Waals surface area contributed by atoms with E-state index in [1.54, 1.807) is 0 Å². The number of carbonyl (C=O) groups is 2. The molecule has 0 bridgehead atoms. The number of unbranched alkanes of at least 4 members (excludes halogenated alkanes) is 21. The van der Waals surface area contributed by atoms with Gasteiger partial charge < -0.3 is 24.6 Å². The number of carbonyl (C=O) groups excluding carboxylic acids is 2. The average molecular weight is 721 g/mol. The van der Waals surface area contributed by atoms with E-state index in [1.165, 1.54) is 83.5 Å². The summed E-state index contributed by atoms with van der Waals surface area (Å²) in [5.74, 6) is -0.931. The van der Waals surface area contributed by atoms with E-state index in [2.05, 4.69) is 30.5 Å². The molecule has 0 aromatic rings. The normalized spacial score (nSPS) is 14.1. The summed E-state index contributed by atoms with van der Waals surface area (Å²) in [6.45, 7) is 2.35. The van der Waals surface area contributed by atoms with Crippen LogP contribution in [0.4, 0.5) is 0 Å². The van der Waals surface area contributed by atoms with E-state index in [0.29, 0.717) is 12.8 Å². The van der Waals surface area contributed by atoms with Gasteiger partial charge in [0.1, 0.15) is 12.7 Å². The van der Waals surface area contributed by atoms with Crippen molar-refractivity contribution in [3.63, 3.8) is 0 Å². The van der Waals surface area contributed by atoms with Crippen LogP contribution >= 0.6 is 7.82 Å². The molecule has 0 saturated carbocycles. The van der Waals surface area contributed by atoms with Crippen LogP contribution in [0.3, 0.4) is 0 Å². The summed E-state index contributed by atoms with van der Waals surface area (Å²) in [5.41, 5.74) is 0. The molecule has 0 heterocycles. The molecule has 49 heavy (non-hydrogen) atoms. The monoisotopic (exact) mass is 720 g/mol. The Labute approximate surface area is 298 Å². The Morgan fingerprint density at radius 2 is 1.00 bits per heavy atom. The Kier molecular flexibility index (Phi) is 34.2. The first-order chi connectivity index (χ1) is 23.7. The van der Waals surface area contributed by atoms with Gasteiger partial charge in [-0.3, -0.25) is 18.6 Å². The maximum atomic E-state index is 12.5. The Bertz CT molecular complexity index is 837. The number of aliphatic hydroxyl groups is 2. The van der Waals surface area contributed by atoms with Crippen LogP contribution in [-0.2, 0) is 32.7 Å². The molecule has 0 aliphatic heterocycles. The van der Waals surface area contributed by atoms with Crippen molar-refractivity contribution in [2.24, 2.45) is 0 Å².